The van der Waals surface area contributed by atoms with Crippen LogP contribution in [-0.4, -0.2) is 54.4 Å². The summed E-state index contributed by atoms with van der Waals surface area (Å²) in [6, 6.07) is 16.2. The highest BCUT2D eigenvalue weighted by Crippen LogP contribution is 2.31. The summed E-state index contributed by atoms with van der Waals surface area (Å²) in [4.78, 5) is 36.4. The third-order valence-electron chi connectivity index (χ3n) is 6.43. The van der Waals surface area contributed by atoms with Gasteiger partial charge in [-0.25, -0.2) is 9.37 Å². The first-order valence-corrected chi connectivity index (χ1v) is 11.2. The molecule has 6 nitrogen and oxygen atoms in total. The number of nitrogens with zero attached hydrogens (tertiary/aromatic N) is 4. The molecule has 3 heterocycles. The van der Waals surface area contributed by atoms with Gasteiger partial charge >= 0.3 is 0 Å². The highest BCUT2D eigenvalue weighted by Gasteiger charge is 2.30. The van der Waals surface area contributed by atoms with Gasteiger partial charge in [0.2, 0.25) is 0 Å². The van der Waals surface area contributed by atoms with Crippen molar-refractivity contribution in [1.82, 2.24) is 9.88 Å². The van der Waals surface area contributed by atoms with Gasteiger partial charge in [-0.2, -0.15) is 0 Å². The van der Waals surface area contributed by atoms with Crippen molar-refractivity contribution in [3.8, 4) is 0 Å². The van der Waals surface area contributed by atoms with Gasteiger partial charge < -0.3 is 14.7 Å². The van der Waals surface area contributed by atoms with Crippen molar-refractivity contribution < 1.29 is 14.0 Å². The van der Waals surface area contributed by atoms with E-state index in [1.54, 1.807) is 36.2 Å². The Kier molecular flexibility index (Phi) is 5.54. The second-order valence-corrected chi connectivity index (χ2v) is 8.45. The zero-order valence-corrected chi connectivity index (χ0v) is 18.5. The summed E-state index contributed by atoms with van der Waals surface area (Å²) < 4.78 is 13.9. The molecule has 168 valence electrons. The monoisotopic (exact) mass is 444 g/mol. The highest BCUT2D eigenvalue weighted by molar-refractivity contribution is 6.10. The van der Waals surface area contributed by atoms with Gasteiger partial charge in [0.05, 0.1) is 5.56 Å². The topological polar surface area (TPSA) is 56.8 Å². The number of fused-ring (bicyclic) bond motifs is 1. The molecule has 2 aromatic carbocycles. The van der Waals surface area contributed by atoms with Gasteiger partial charge in [0.15, 0.2) is 0 Å². The summed E-state index contributed by atoms with van der Waals surface area (Å²) in [7, 11) is 0. The number of carbonyl (C=O) groups is 2. The number of hydrogen-bond donors (Lipinski definition) is 0. The second kappa shape index (κ2) is 8.65. The van der Waals surface area contributed by atoms with E-state index in [0.717, 1.165) is 12.1 Å². The molecule has 0 saturated carbocycles. The van der Waals surface area contributed by atoms with Crippen LogP contribution in [0.3, 0.4) is 0 Å². The van der Waals surface area contributed by atoms with Crippen LogP contribution in [0.25, 0.3) is 0 Å². The van der Waals surface area contributed by atoms with Crippen LogP contribution in [-0.2, 0) is 6.42 Å². The van der Waals surface area contributed by atoms with Gasteiger partial charge in [-0.05, 0) is 54.8 Å². The summed E-state index contributed by atoms with van der Waals surface area (Å²) in [5, 5.41) is 0. The molecule has 2 amide bonds. The SMILES string of the molecule is Cc1ccc(C(=O)N2CCN(c3ncccc3C(=O)N3CCc4ccccc43)CC2)cc1F. The van der Waals surface area contributed by atoms with E-state index in [0.29, 0.717) is 55.2 Å². The van der Waals surface area contributed by atoms with Crippen molar-refractivity contribution in [2.75, 3.05) is 42.5 Å². The van der Waals surface area contributed by atoms with Crippen molar-refractivity contribution in [1.29, 1.82) is 0 Å². The Bertz CT molecular complexity index is 1220. The fraction of sp³-hybridized carbons (Fsp3) is 0.269. The van der Waals surface area contributed by atoms with Crippen LogP contribution in [0, 0.1) is 12.7 Å². The maximum absolute atomic E-state index is 13.9. The number of halogens is 1. The Labute approximate surface area is 192 Å². The van der Waals surface area contributed by atoms with Gasteiger partial charge in [-0.15, -0.1) is 0 Å². The molecular weight excluding hydrogens is 419 g/mol. The first kappa shape index (κ1) is 21.1. The van der Waals surface area contributed by atoms with Crippen LogP contribution in [0.5, 0.6) is 0 Å². The van der Waals surface area contributed by atoms with Crippen LogP contribution in [0.4, 0.5) is 15.9 Å². The normalized spacial score (nSPS) is 15.5. The minimum Gasteiger partial charge on any atom is -0.352 e. The molecule has 0 radical (unpaired) electrons. The fourth-order valence-electron chi connectivity index (χ4n) is 4.54. The lowest BCUT2D eigenvalue weighted by Gasteiger charge is -2.36. The molecule has 33 heavy (non-hydrogen) atoms. The molecular formula is C26H25FN4O2. The van der Waals surface area contributed by atoms with Crippen LogP contribution in [0.15, 0.2) is 60.8 Å². The Morgan fingerprint density at radius 3 is 2.48 bits per heavy atom. The van der Waals surface area contributed by atoms with E-state index in [2.05, 4.69) is 16.0 Å². The summed E-state index contributed by atoms with van der Waals surface area (Å²) in [5.74, 6) is 0.0243. The van der Waals surface area contributed by atoms with Crippen LogP contribution in [0.2, 0.25) is 0 Å². The van der Waals surface area contributed by atoms with E-state index in [9.17, 15) is 14.0 Å². The first-order valence-electron chi connectivity index (χ1n) is 11.2. The van der Waals surface area contributed by atoms with Crippen molar-refractivity contribution in [2.45, 2.75) is 13.3 Å². The van der Waals surface area contributed by atoms with E-state index in [1.165, 1.54) is 11.6 Å². The third-order valence-corrected chi connectivity index (χ3v) is 6.43. The minimum absolute atomic E-state index is 0.0586. The predicted molar refractivity (Wildman–Crippen MR) is 125 cm³/mol. The molecule has 3 aromatic rings. The number of anilines is 2. The van der Waals surface area contributed by atoms with E-state index < -0.39 is 0 Å². The van der Waals surface area contributed by atoms with Gasteiger partial charge in [0.1, 0.15) is 11.6 Å². The average Bonchev–Trinajstić information content (AvgIpc) is 3.29. The number of aryl methyl sites for hydroxylation is 1. The number of rotatable bonds is 3. The summed E-state index contributed by atoms with van der Waals surface area (Å²) in [6.07, 6.45) is 2.54. The Balaban J connectivity index is 1.31. The standard InChI is InChI=1S/C26H25FN4O2/c1-18-8-9-20(17-22(18)27)25(32)30-15-13-29(14-16-30)24-21(6-4-11-28-24)26(33)31-12-10-19-5-2-3-7-23(19)31/h2-9,11,17H,10,12-16H2,1H3. The van der Waals surface area contributed by atoms with Crippen molar-refractivity contribution >= 4 is 23.3 Å². The van der Waals surface area contributed by atoms with Crippen molar-refractivity contribution in [3.63, 3.8) is 0 Å². The number of benzene rings is 2. The van der Waals surface area contributed by atoms with E-state index in [1.807, 2.05) is 29.2 Å². The Morgan fingerprint density at radius 2 is 1.70 bits per heavy atom. The van der Waals surface area contributed by atoms with Gasteiger partial charge in [-0.1, -0.05) is 24.3 Å². The predicted octanol–water partition coefficient (Wildman–Crippen LogP) is 3.69. The molecule has 0 N–H and O–H groups in total. The quantitative estimate of drug-likeness (QED) is 0.618. The lowest BCUT2D eigenvalue weighted by atomic mass is 10.1. The number of carbonyl (C=O) groups excluding carboxylic acids is 2. The van der Waals surface area contributed by atoms with Gasteiger partial charge in [-0.3, -0.25) is 9.59 Å². The molecule has 0 unspecified atom stereocenters. The lowest BCUT2D eigenvalue weighted by Crippen LogP contribution is -2.49. The maximum atomic E-state index is 13.9. The molecule has 0 atom stereocenters. The first-order chi connectivity index (χ1) is 16.0. The minimum atomic E-state index is -0.375. The largest absolute Gasteiger partial charge is 0.352 e. The van der Waals surface area contributed by atoms with Crippen LogP contribution >= 0.6 is 0 Å². The molecule has 2 aliphatic rings. The van der Waals surface area contributed by atoms with Crippen molar-refractivity contribution in [3.05, 3.63) is 88.9 Å². The molecule has 5 rings (SSSR count). The highest BCUT2D eigenvalue weighted by atomic mass is 19.1. The van der Waals surface area contributed by atoms with Gasteiger partial charge in [0.25, 0.3) is 11.8 Å². The second-order valence-electron chi connectivity index (χ2n) is 8.45. The van der Waals surface area contributed by atoms with Gasteiger partial charge in [0, 0.05) is 50.2 Å². The summed E-state index contributed by atoms with van der Waals surface area (Å²) >= 11 is 0. The average molecular weight is 445 g/mol. The molecule has 1 fully saturated rings. The number of amides is 2. The molecule has 1 saturated heterocycles. The lowest BCUT2D eigenvalue weighted by molar-refractivity contribution is 0.0745. The molecule has 0 aliphatic carbocycles. The number of hydrogen-bond acceptors (Lipinski definition) is 4. The zero-order valence-electron chi connectivity index (χ0n) is 18.5. The Hall–Kier alpha value is -3.74. The summed E-state index contributed by atoms with van der Waals surface area (Å²) in [6.45, 7) is 4.38. The van der Waals surface area contributed by atoms with Crippen molar-refractivity contribution in [2.24, 2.45) is 0 Å². The molecule has 7 heteroatoms. The summed E-state index contributed by atoms with van der Waals surface area (Å²) in [5.41, 5.74) is 3.57. The van der Waals surface area contributed by atoms with Crippen LogP contribution < -0.4 is 9.80 Å². The molecule has 0 spiro atoms. The van der Waals surface area contributed by atoms with E-state index in [4.69, 9.17) is 0 Å². The number of para-hydroxylation sites is 1. The fourth-order valence-corrected chi connectivity index (χ4v) is 4.54. The number of piperazine rings is 1. The molecule has 1 aromatic heterocycles. The van der Waals surface area contributed by atoms with E-state index in [-0.39, 0.29) is 17.6 Å². The zero-order chi connectivity index (χ0) is 22.9. The third kappa shape index (κ3) is 3.95. The number of aromatic nitrogens is 1. The smallest absolute Gasteiger partial charge is 0.262 e. The Morgan fingerprint density at radius 1 is 0.909 bits per heavy atom. The van der Waals surface area contributed by atoms with E-state index >= 15 is 0 Å². The van der Waals surface area contributed by atoms with Crippen LogP contribution in [0.1, 0.15) is 31.8 Å². The number of pyridine rings is 1. The molecule has 0 bridgehead atoms. The molecule has 2 aliphatic heterocycles. The maximum Gasteiger partial charge on any atom is 0.262 e.